The van der Waals surface area contributed by atoms with E-state index < -0.39 is 11.6 Å². The fraction of sp³-hybridized carbons (Fsp3) is 0.444. The van der Waals surface area contributed by atoms with Crippen molar-refractivity contribution >= 4 is 11.6 Å². The predicted molar refractivity (Wildman–Crippen MR) is 57.0 cm³/mol. The molecule has 2 rings (SSSR count). The highest BCUT2D eigenvalue weighted by atomic mass is 19.1. The fourth-order valence-electron chi connectivity index (χ4n) is 1.66. The minimum absolute atomic E-state index is 0.135. The highest BCUT2D eigenvalue weighted by Crippen LogP contribution is 2.21. The van der Waals surface area contributed by atoms with E-state index in [2.05, 4.69) is 15.7 Å². The van der Waals surface area contributed by atoms with Crippen molar-refractivity contribution in [1.82, 2.24) is 10.3 Å². The molecule has 2 heterocycles. The van der Waals surface area contributed by atoms with Crippen LogP contribution in [-0.2, 0) is 0 Å². The van der Waals surface area contributed by atoms with Crippen molar-refractivity contribution < 1.29 is 8.78 Å². The quantitative estimate of drug-likeness (QED) is 0.494. The van der Waals surface area contributed by atoms with Crippen molar-refractivity contribution in [3.63, 3.8) is 0 Å². The van der Waals surface area contributed by atoms with E-state index in [1.54, 1.807) is 4.90 Å². The molecular weight excluding hydrogens is 216 g/mol. The molecule has 0 aromatic carbocycles. The number of aromatic nitrogens is 1. The van der Waals surface area contributed by atoms with Crippen LogP contribution < -0.4 is 21.5 Å². The number of anilines is 2. The summed E-state index contributed by atoms with van der Waals surface area (Å²) in [5.41, 5.74) is 2.11. The Morgan fingerprint density at radius 1 is 1.31 bits per heavy atom. The lowest BCUT2D eigenvalue weighted by molar-refractivity contribution is 0.544. The zero-order chi connectivity index (χ0) is 11.5. The molecule has 0 atom stereocenters. The van der Waals surface area contributed by atoms with Crippen molar-refractivity contribution in [2.24, 2.45) is 5.84 Å². The van der Waals surface area contributed by atoms with E-state index >= 15 is 0 Å². The Balaban J connectivity index is 2.31. The molecule has 0 aliphatic carbocycles. The number of rotatable bonds is 2. The van der Waals surface area contributed by atoms with Gasteiger partial charge in [-0.1, -0.05) is 0 Å². The fourth-order valence-corrected chi connectivity index (χ4v) is 1.66. The Morgan fingerprint density at radius 2 is 2.00 bits per heavy atom. The predicted octanol–water partition coefficient (Wildman–Crippen LogP) is 0.0550. The molecule has 16 heavy (non-hydrogen) atoms. The molecule has 1 aliphatic rings. The zero-order valence-electron chi connectivity index (χ0n) is 8.63. The maximum atomic E-state index is 13.5. The number of piperazine rings is 1. The number of halogens is 2. The van der Waals surface area contributed by atoms with Gasteiger partial charge in [0.1, 0.15) is 0 Å². The van der Waals surface area contributed by atoms with Crippen LogP contribution in [0.1, 0.15) is 0 Å². The van der Waals surface area contributed by atoms with Crippen LogP contribution in [0.2, 0.25) is 0 Å². The van der Waals surface area contributed by atoms with Crippen LogP contribution in [0.5, 0.6) is 0 Å². The second-order valence-electron chi connectivity index (χ2n) is 3.51. The van der Waals surface area contributed by atoms with Crippen LogP contribution in [0, 0.1) is 11.6 Å². The third kappa shape index (κ3) is 2.05. The van der Waals surface area contributed by atoms with Gasteiger partial charge in [0, 0.05) is 32.2 Å². The molecule has 88 valence electrons. The van der Waals surface area contributed by atoms with E-state index in [-0.39, 0.29) is 11.6 Å². The highest BCUT2D eigenvalue weighted by Gasteiger charge is 2.18. The van der Waals surface area contributed by atoms with Gasteiger partial charge in [-0.15, -0.1) is 0 Å². The summed E-state index contributed by atoms with van der Waals surface area (Å²) in [4.78, 5) is 5.58. The molecule has 1 saturated heterocycles. The number of pyridine rings is 1. The number of nitrogens with zero attached hydrogens (tertiary/aromatic N) is 2. The van der Waals surface area contributed by atoms with Crippen LogP contribution in [0.4, 0.5) is 20.4 Å². The molecule has 1 aliphatic heterocycles. The molecule has 1 aromatic rings. The summed E-state index contributed by atoms with van der Waals surface area (Å²) in [5, 5.41) is 3.14. The van der Waals surface area contributed by atoms with Gasteiger partial charge in [-0.05, 0) is 0 Å². The standard InChI is InChI=1S/C9H13F2N5/c10-6-5-7(11)9(14-8(6)15-12)16-3-1-13-2-4-16/h5,13H,1-4,12H2,(H,14,15). The maximum Gasteiger partial charge on any atom is 0.178 e. The molecule has 0 unspecified atom stereocenters. The van der Waals surface area contributed by atoms with E-state index in [9.17, 15) is 8.78 Å². The molecular formula is C9H13F2N5. The van der Waals surface area contributed by atoms with Crippen molar-refractivity contribution in [2.75, 3.05) is 36.5 Å². The minimum atomic E-state index is -0.793. The summed E-state index contributed by atoms with van der Waals surface area (Å²) in [5.74, 6) is 3.62. The van der Waals surface area contributed by atoms with Crippen molar-refractivity contribution in [2.45, 2.75) is 0 Å². The Morgan fingerprint density at radius 3 is 2.62 bits per heavy atom. The van der Waals surface area contributed by atoms with Crippen molar-refractivity contribution in [3.05, 3.63) is 17.7 Å². The van der Waals surface area contributed by atoms with Gasteiger partial charge < -0.3 is 15.6 Å². The van der Waals surface area contributed by atoms with Crippen LogP contribution in [-0.4, -0.2) is 31.2 Å². The van der Waals surface area contributed by atoms with E-state index in [4.69, 9.17) is 5.84 Å². The lowest BCUT2D eigenvalue weighted by atomic mass is 10.3. The number of hydrogen-bond acceptors (Lipinski definition) is 5. The molecule has 0 amide bonds. The van der Waals surface area contributed by atoms with Crippen LogP contribution in [0.25, 0.3) is 0 Å². The third-order valence-corrected chi connectivity index (χ3v) is 2.46. The van der Waals surface area contributed by atoms with Gasteiger partial charge in [0.15, 0.2) is 23.3 Å². The SMILES string of the molecule is NNc1nc(N2CCNCC2)c(F)cc1F. The molecule has 5 nitrogen and oxygen atoms in total. The molecule has 4 N–H and O–H groups in total. The van der Waals surface area contributed by atoms with Crippen LogP contribution >= 0.6 is 0 Å². The monoisotopic (exact) mass is 229 g/mol. The topological polar surface area (TPSA) is 66.2 Å². The first-order valence-electron chi connectivity index (χ1n) is 5.00. The summed E-state index contributed by atoms with van der Waals surface area (Å²) in [7, 11) is 0. The average Bonchev–Trinajstić information content (AvgIpc) is 2.30. The van der Waals surface area contributed by atoms with E-state index in [0.29, 0.717) is 13.1 Å². The second-order valence-corrected chi connectivity index (χ2v) is 3.51. The number of nitrogen functional groups attached to an aromatic ring is 1. The Bertz CT molecular complexity index is 378. The first-order valence-corrected chi connectivity index (χ1v) is 5.00. The smallest absolute Gasteiger partial charge is 0.178 e. The van der Waals surface area contributed by atoms with E-state index in [1.165, 1.54) is 0 Å². The summed E-state index contributed by atoms with van der Waals surface area (Å²) in [6, 6.07) is 0.791. The first-order chi connectivity index (χ1) is 7.72. The van der Waals surface area contributed by atoms with Gasteiger partial charge >= 0.3 is 0 Å². The third-order valence-electron chi connectivity index (χ3n) is 2.46. The van der Waals surface area contributed by atoms with Gasteiger partial charge in [0.05, 0.1) is 0 Å². The minimum Gasteiger partial charge on any atom is -0.352 e. The Hall–Kier alpha value is -1.47. The van der Waals surface area contributed by atoms with Crippen LogP contribution in [0.15, 0.2) is 6.07 Å². The number of nitrogens with one attached hydrogen (secondary N) is 2. The van der Waals surface area contributed by atoms with Gasteiger partial charge in [0.25, 0.3) is 0 Å². The highest BCUT2D eigenvalue weighted by molar-refractivity contribution is 5.49. The molecule has 0 saturated carbocycles. The summed E-state index contributed by atoms with van der Waals surface area (Å²) in [6.45, 7) is 2.78. The van der Waals surface area contributed by atoms with Gasteiger partial charge in [-0.3, -0.25) is 0 Å². The summed E-state index contributed by atoms with van der Waals surface area (Å²) < 4.78 is 26.6. The van der Waals surface area contributed by atoms with Gasteiger partial charge in [-0.2, -0.15) is 0 Å². The van der Waals surface area contributed by atoms with E-state index in [1.807, 2.05) is 0 Å². The first kappa shape index (κ1) is 11.0. The van der Waals surface area contributed by atoms with Crippen LogP contribution in [0.3, 0.4) is 0 Å². The van der Waals surface area contributed by atoms with Crippen molar-refractivity contribution in [3.8, 4) is 0 Å². The van der Waals surface area contributed by atoms with Gasteiger partial charge in [0.2, 0.25) is 0 Å². The molecule has 7 heteroatoms. The lowest BCUT2D eigenvalue weighted by Crippen LogP contribution is -2.44. The normalized spacial score (nSPS) is 16.3. The van der Waals surface area contributed by atoms with E-state index in [0.717, 1.165) is 19.2 Å². The number of nitrogens with two attached hydrogens (primary N) is 1. The van der Waals surface area contributed by atoms with Gasteiger partial charge in [-0.25, -0.2) is 19.6 Å². The maximum absolute atomic E-state index is 13.5. The molecule has 1 fully saturated rings. The summed E-state index contributed by atoms with van der Waals surface area (Å²) in [6.07, 6.45) is 0. The lowest BCUT2D eigenvalue weighted by Gasteiger charge is -2.28. The molecule has 0 spiro atoms. The average molecular weight is 229 g/mol. The molecule has 0 radical (unpaired) electrons. The second kappa shape index (κ2) is 4.58. The number of hydrogen-bond donors (Lipinski definition) is 3. The molecule has 0 bridgehead atoms. The molecule has 1 aromatic heterocycles. The largest absolute Gasteiger partial charge is 0.352 e. The zero-order valence-corrected chi connectivity index (χ0v) is 8.63. The Labute approximate surface area is 91.6 Å². The Kier molecular flexibility index (Phi) is 3.16. The summed E-state index contributed by atoms with van der Waals surface area (Å²) >= 11 is 0. The van der Waals surface area contributed by atoms with Crippen molar-refractivity contribution in [1.29, 1.82) is 0 Å². The number of hydrazine groups is 1.